The molecule has 12 heteroatoms. The van der Waals surface area contributed by atoms with E-state index in [1.165, 1.54) is 28.6 Å². The fourth-order valence-electron chi connectivity index (χ4n) is 5.15. The van der Waals surface area contributed by atoms with Gasteiger partial charge in [0.2, 0.25) is 10.0 Å². The second kappa shape index (κ2) is 14.1. The van der Waals surface area contributed by atoms with Crippen LogP contribution >= 0.6 is 0 Å². The van der Waals surface area contributed by atoms with Gasteiger partial charge in [0.25, 0.3) is 0 Å². The number of nitrogens with one attached hydrogen (secondary N) is 1. The van der Waals surface area contributed by atoms with Crippen LogP contribution in [-0.2, 0) is 30.7 Å². The molecule has 2 fully saturated rings. The number of amides is 1. The molecular weight excluding hydrogens is 552 g/mol. The highest BCUT2D eigenvalue weighted by Gasteiger charge is 2.44. The first-order chi connectivity index (χ1) is 19.6. The molecule has 0 unspecified atom stereocenters. The zero-order valence-electron chi connectivity index (χ0n) is 23.3. The summed E-state index contributed by atoms with van der Waals surface area (Å²) >= 11 is 0. The lowest BCUT2D eigenvalue weighted by Gasteiger charge is -2.31. The van der Waals surface area contributed by atoms with Gasteiger partial charge in [-0.25, -0.2) is 13.2 Å². The third kappa shape index (κ3) is 8.04. The molecule has 2 aromatic rings. The number of aliphatic hydroxyl groups is 3. The topological polar surface area (TPSA) is 155 Å². The van der Waals surface area contributed by atoms with E-state index >= 15 is 0 Å². The number of aliphatic hydroxyl groups excluding tert-OH is 3. The smallest absolute Gasteiger partial charge is 0.407 e. The number of rotatable bonds is 13. The van der Waals surface area contributed by atoms with E-state index in [0.29, 0.717) is 12.2 Å². The fourth-order valence-corrected chi connectivity index (χ4v) is 6.77. The van der Waals surface area contributed by atoms with Gasteiger partial charge in [-0.15, -0.1) is 0 Å². The van der Waals surface area contributed by atoms with Gasteiger partial charge >= 0.3 is 6.09 Å². The average molecular weight is 593 g/mol. The van der Waals surface area contributed by atoms with Gasteiger partial charge in [0.1, 0.15) is 12.2 Å². The highest BCUT2D eigenvalue weighted by molar-refractivity contribution is 7.89. The second-order valence-electron chi connectivity index (χ2n) is 11.0. The van der Waals surface area contributed by atoms with Crippen molar-refractivity contribution in [3.05, 3.63) is 65.7 Å². The third-order valence-electron chi connectivity index (χ3n) is 7.34. The summed E-state index contributed by atoms with van der Waals surface area (Å²) in [5, 5.41) is 33.2. The normalized spacial score (nSPS) is 22.9. The molecule has 41 heavy (non-hydrogen) atoms. The van der Waals surface area contributed by atoms with Crippen molar-refractivity contribution in [1.29, 1.82) is 0 Å². The number of fused-ring (bicyclic) bond motifs is 1. The van der Waals surface area contributed by atoms with Crippen molar-refractivity contribution in [2.45, 2.75) is 62.2 Å². The van der Waals surface area contributed by atoms with E-state index in [2.05, 4.69) is 5.32 Å². The van der Waals surface area contributed by atoms with Crippen molar-refractivity contribution in [1.82, 2.24) is 9.62 Å². The SMILES string of the molecule is CC(C)CN(C[C@@H](O)[C@H](Cc1ccccc1)NC(=O)O[C@H]1CO[C@H]2OCC[C@H]21)S(=O)(=O)c1ccc([C@H](O)CO)cc1. The first-order valence-corrected chi connectivity index (χ1v) is 15.3. The minimum atomic E-state index is -4.05. The Labute approximate surface area is 241 Å². The number of hydrogen-bond donors (Lipinski definition) is 4. The molecule has 0 aromatic heterocycles. The highest BCUT2D eigenvalue weighted by atomic mass is 32.2. The fraction of sp³-hybridized carbons (Fsp3) is 0.552. The lowest BCUT2D eigenvalue weighted by Crippen LogP contribution is -2.51. The maximum Gasteiger partial charge on any atom is 0.407 e. The Morgan fingerprint density at radius 1 is 1.07 bits per heavy atom. The molecule has 4 rings (SSSR count). The molecule has 0 bridgehead atoms. The molecule has 4 N–H and O–H groups in total. The molecule has 1 amide bonds. The van der Waals surface area contributed by atoms with Crippen LogP contribution in [0.2, 0.25) is 0 Å². The van der Waals surface area contributed by atoms with Crippen LogP contribution in [-0.4, -0.2) is 91.6 Å². The van der Waals surface area contributed by atoms with Crippen LogP contribution in [0.1, 0.15) is 37.5 Å². The van der Waals surface area contributed by atoms with Gasteiger partial charge in [-0.05, 0) is 42.0 Å². The molecule has 11 nitrogen and oxygen atoms in total. The van der Waals surface area contributed by atoms with Gasteiger partial charge in [-0.1, -0.05) is 56.3 Å². The summed E-state index contributed by atoms with van der Waals surface area (Å²) < 4.78 is 45.2. The minimum absolute atomic E-state index is 0.0132. The molecule has 0 spiro atoms. The number of alkyl carbamates (subject to hydrolysis) is 1. The maximum atomic E-state index is 13.7. The Kier molecular flexibility index (Phi) is 10.8. The third-order valence-corrected chi connectivity index (χ3v) is 9.19. The number of carbonyl (C=O) groups excluding carboxylic acids is 1. The molecule has 2 aliphatic heterocycles. The number of benzene rings is 2. The number of sulfonamides is 1. The van der Waals surface area contributed by atoms with E-state index in [9.17, 15) is 28.5 Å². The Hall–Kier alpha value is -2.58. The molecule has 2 aromatic carbocycles. The summed E-state index contributed by atoms with van der Waals surface area (Å²) in [5.41, 5.74) is 1.23. The highest BCUT2D eigenvalue weighted by Crippen LogP contribution is 2.33. The van der Waals surface area contributed by atoms with E-state index in [4.69, 9.17) is 14.2 Å². The molecule has 2 heterocycles. The van der Waals surface area contributed by atoms with E-state index in [-0.39, 0.29) is 49.1 Å². The first-order valence-electron chi connectivity index (χ1n) is 13.9. The van der Waals surface area contributed by atoms with Crippen molar-refractivity contribution < 1.29 is 42.7 Å². The lowest BCUT2D eigenvalue weighted by atomic mass is 10.0. The van der Waals surface area contributed by atoms with Crippen LogP contribution in [0.3, 0.4) is 0 Å². The van der Waals surface area contributed by atoms with Crippen molar-refractivity contribution in [3.8, 4) is 0 Å². The first kappa shape index (κ1) is 31.4. The van der Waals surface area contributed by atoms with Crippen LogP contribution < -0.4 is 5.32 Å². The average Bonchev–Trinajstić information content (AvgIpc) is 3.57. The molecule has 0 aliphatic carbocycles. The van der Waals surface area contributed by atoms with Gasteiger partial charge in [-0.3, -0.25) is 0 Å². The number of nitrogens with zero attached hydrogens (tertiary/aromatic N) is 1. The van der Waals surface area contributed by atoms with Gasteiger partial charge < -0.3 is 34.8 Å². The second-order valence-corrected chi connectivity index (χ2v) is 12.9. The quantitative estimate of drug-likeness (QED) is 0.273. The zero-order valence-corrected chi connectivity index (χ0v) is 24.2. The van der Waals surface area contributed by atoms with Crippen LogP contribution in [0.15, 0.2) is 59.5 Å². The lowest BCUT2D eigenvalue weighted by molar-refractivity contribution is -0.0907. The predicted molar refractivity (Wildman–Crippen MR) is 149 cm³/mol. The summed E-state index contributed by atoms with van der Waals surface area (Å²) in [5.74, 6) is -0.100. The zero-order chi connectivity index (χ0) is 29.6. The molecule has 0 saturated carbocycles. The number of hydrogen-bond acceptors (Lipinski definition) is 9. The summed E-state index contributed by atoms with van der Waals surface area (Å²) in [7, 11) is -4.05. The van der Waals surface area contributed by atoms with Crippen LogP contribution in [0.25, 0.3) is 0 Å². The molecule has 226 valence electrons. The van der Waals surface area contributed by atoms with Crippen LogP contribution in [0.5, 0.6) is 0 Å². The van der Waals surface area contributed by atoms with E-state index in [1.807, 2.05) is 44.2 Å². The number of ether oxygens (including phenoxy) is 3. The Morgan fingerprint density at radius 3 is 2.44 bits per heavy atom. The molecule has 0 radical (unpaired) electrons. The summed E-state index contributed by atoms with van der Waals surface area (Å²) in [6.45, 7) is 3.88. The number of carbonyl (C=O) groups is 1. The van der Waals surface area contributed by atoms with Gasteiger partial charge in [-0.2, -0.15) is 4.31 Å². The van der Waals surface area contributed by atoms with E-state index in [0.717, 1.165) is 12.0 Å². The van der Waals surface area contributed by atoms with Gasteiger partial charge in [0.15, 0.2) is 6.29 Å². The molecule has 2 saturated heterocycles. The molecule has 2 aliphatic rings. The van der Waals surface area contributed by atoms with Crippen molar-refractivity contribution in [2.24, 2.45) is 11.8 Å². The Morgan fingerprint density at radius 2 is 1.78 bits per heavy atom. The standard InChI is InChI=1S/C29H40N2O9S/c1-19(2)15-31(41(36,37)22-10-8-21(9-11-22)26(34)17-32)16-25(33)24(14-20-6-4-3-5-7-20)30-29(35)40-27-18-39-28-23(27)12-13-38-28/h3-11,19,23-28,32-34H,12-18H2,1-2H3,(H,30,35)/t23-,24-,25+,26+,27-,28+/m0/s1. The maximum absolute atomic E-state index is 13.7. The Bertz CT molecular complexity index is 1230. The minimum Gasteiger partial charge on any atom is -0.443 e. The van der Waals surface area contributed by atoms with Crippen LogP contribution in [0.4, 0.5) is 4.79 Å². The summed E-state index contributed by atoms with van der Waals surface area (Å²) in [6.07, 6.45) is -2.99. The Balaban J connectivity index is 1.51. The van der Waals surface area contributed by atoms with E-state index in [1.54, 1.807) is 0 Å². The van der Waals surface area contributed by atoms with Gasteiger partial charge in [0.05, 0.1) is 42.8 Å². The predicted octanol–water partition coefficient (Wildman–Crippen LogP) is 1.82. The van der Waals surface area contributed by atoms with Crippen molar-refractivity contribution in [3.63, 3.8) is 0 Å². The molecule has 6 atom stereocenters. The summed E-state index contributed by atoms with van der Waals surface area (Å²) in [4.78, 5) is 13.0. The van der Waals surface area contributed by atoms with Gasteiger partial charge in [0, 0.05) is 13.1 Å². The molecular formula is C29H40N2O9S. The summed E-state index contributed by atoms with van der Waals surface area (Å²) in [6, 6.07) is 14.0. The monoisotopic (exact) mass is 592 g/mol. The van der Waals surface area contributed by atoms with Crippen LogP contribution in [0, 0.1) is 11.8 Å². The largest absolute Gasteiger partial charge is 0.443 e. The van der Waals surface area contributed by atoms with E-state index < -0.39 is 47.1 Å². The van der Waals surface area contributed by atoms with Crippen molar-refractivity contribution >= 4 is 16.1 Å². The van der Waals surface area contributed by atoms with Crippen molar-refractivity contribution in [2.75, 3.05) is 32.9 Å².